The molecule has 2 aliphatic heterocycles. The van der Waals surface area contributed by atoms with Crippen LogP contribution < -0.4 is 4.90 Å². The summed E-state index contributed by atoms with van der Waals surface area (Å²) in [5.74, 6) is 0.879. The number of hydrogen-bond acceptors (Lipinski definition) is 7. The first-order valence-corrected chi connectivity index (χ1v) is 9.52. The lowest BCUT2D eigenvalue weighted by molar-refractivity contribution is -0.0149. The molecule has 0 N–H and O–H groups in total. The summed E-state index contributed by atoms with van der Waals surface area (Å²) < 4.78 is 5.72. The maximum atomic E-state index is 5.72. The van der Waals surface area contributed by atoms with Gasteiger partial charge in [0.05, 0.1) is 24.6 Å². The first-order chi connectivity index (χ1) is 12.9. The van der Waals surface area contributed by atoms with Gasteiger partial charge in [0, 0.05) is 57.0 Å². The van der Waals surface area contributed by atoms with Crippen LogP contribution in [0.5, 0.6) is 0 Å². The van der Waals surface area contributed by atoms with Crippen LogP contribution in [0.15, 0.2) is 30.9 Å². The van der Waals surface area contributed by atoms with Gasteiger partial charge in [-0.25, -0.2) is 9.97 Å². The second-order valence-electron chi connectivity index (χ2n) is 6.98. The zero-order valence-electron chi connectivity index (χ0n) is 15.1. The Bertz CT molecular complexity index is 691. The van der Waals surface area contributed by atoms with E-state index in [0.717, 1.165) is 69.6 Å². The number of anilines is 1. The molecule has 0 saturated carbocycles. The minimum atomic E-state index is 0.385. The summed E-state index contributed by atoms with van der Waals surface area (Å²) in [5, 5.41) is 0. The van der Waals surface area contributed by atoms with Crippen LogP contribution in [-0.2, 0) is 17.7 Å². The molecule has 0 aliphatic carbocycles. The van der Waals surface area contributed by atoms with Gasteiger partial charge in [0.25, 0.3) is 0 Å². The second kappa shape index (κ2) is 8.51. The Hall–Kier alpha value is -2.12. The highest BCUT2D eigenvalue weighted by atomic mass is 16.5. The molecule has 7 heteroatoms. The second-order valence-corrected chi connectivity index (χ2v) is 6.98. The van der Waals surface area contributed by atoms with Crippen molar-refractivity contribution in [2.45, 2.75) is 38.3 Å². The summed E-state index contributed by atoms with van der Waals surface area (Å²) in [6.07, 6.45) is 11.6. The minimum absolute atomic E-state index is 0.385. The first kappa shape index (κ1) is 17.3. The Morgan fingerprint density at radius 3 is 2.81 bits per heavy atom. The summed E-state index contributed by atoms with van der Waals surface area (Å²) in [6, 6.07) is 2.42. The van der Waals surface area contributed by atoms with E-state index in [1.165, 1.54) is 12.8 Å². The largest absolute Gasteiger partial charge is 0.378 e. The molecule has 0 spiro atoms. The molecule has 2 aromatic heterocycles. The Morgan fingerprint density at radius 1 is 1.04 bits per heavy atom. The molecule has 138 valence electrons. The van der Waals surface area contributed by atoms with E-state index in [0.29, 0.717) is 6.04 Å². The number of ether oxygens (including phenoxy) is 1. The molecule has 0 bridgehead atoms. The van der Waals surface area contributed by atoms with E-state index in [-0.39, 0.29) is 0 Å². The molecule has 2 aromatic rings. The Kier molecular flexibility index (Phi) is 5.66. The van der Waals surface area contributed by atoms with E-state index in [1.54, 1.807) is 12.4 Å². The number of aryl methyl sites for hydroxylation is 1. The Labute approximate surface area is 154 Å². The van der Waals surface area contributed by atoms with Crippen LogP contribution in [0.2, 0.25) is 0 Å². The van der Waals surface area contributed by atoms with E-state index >= 15 is 0 Å². The van der Waals surface area contributed by atoms with Gasteiger partial charge in [-0.1, -0.05) is 0 Å². The van der Waals surface area contributed by atoms with Crippen molar-refractivity contribution in [3.05, 3.63) is 42.2 Å². The third-order valence-corrected chi connectivity index (χ3v) is 5.15. The van der Waals surface area contributed by atoms with Gasteiger partial charge in [-0.15, -0.1) is 0 Å². The smallest absolute Gasteiger partial charge is 0.225 e. The number of aromatic nitrogens is 4. The van der Waals surface area contributed by atoms with Crippen molar-refractivity contribution in [2.24, 2.45) is 0 Å². The molecule has 2 aliphatic rings. The Morgan fingerprint density at radius 2 is 1.96 bits per heavy atom. The summed E-state index contributed by atoms with van der Waals surface area (Å²) in [4.78, 5) is 22.6. The summed E-state index contributed by atoms with van der Waals surface area (Å²) in [7, 11) is 0. The topological polar surface area (TPSA) is 67.3 Å². The summed E-state index contributed by atoms with van der Waals surface area (Å²) in [5.41, 5.74) is 2.13. The monoisotopic (exact) mass is 354 g/mol. The average molecular weight is 354 g/mol. The molecule has 26 heavy (non-hydrogen) atoms. The lowest BCUT2D eigenvalue weighted by Crippen LogP contribution is -2.45. The standard InChI is InChI=1S/C19H26N6O/c1-2-10-24(9-1)19-22-6-5-17(23-19)14-25-11-12-26-15-18(25)4-3-16-13-20-7-8-21-16/h5-8,13,18H,1-4,9-12,14-15H2/t18-/m0/s1. The summed E-state index contributed by atoms with van der Waals surface area (Å²) in [6.45, 7) is 5.48. The van der Waals surface area contributed by atoms with E-state index in [2.05, 4.69) is 24.8 Å². The molecule has 0 unspecified atom stereocenters. The van der Waals surface area contributed by atoms with Gasteiger partial charge in [-0.2, -0.15) is 0 Å². The van der Waals surface area contributed by atoms with Crippen LogP contribution in [0.25, 0.3) is 0 Å². The van der Waals surface area contributed by atoms with Gasteiger partial charge in [-0.05, 0) is 31.7 Å². The van der Waals surface area contributed by atoms with Crippen LogP contribution in [0.4, 0.5) is 5.95 Å². The molecular weight excluding hydrogens is 328 g/mol. The van der Waals surface area contributed by atoms with Gasteiger partial charge in [0.2, 0.25) is 5.95 Å². The molecule has 1 atom stereocenters. The van der Waals surface area contributed by atoms with Gasteiger partial charge >= 0.3 is 0 Å². The molecule has 0 aromatic carbocycles. The van der Waals surface area contributed by atoms with Crippen LogP contribution in [0.1, 0.15) is 30.7 Å². The van der Waals surface area contributed by atoms with Gasteiger partial charge in [0.1, 0.15) is 0 Å². The number of nitrogens with zero attached hydrogens (tertiary/aromatic N) is 6. The molecule has 2 fully saturated rings. The van der Waals surface area contributed by atoms with Crippen LogP contribution in [-0.4, -0.2) is 63.7 Å². The third kappa shape index (κ3) is 4.34. The highest BCUT2D eigenvalue weighted by molar-refractivity contribution is 5.31. The molecule has 0 radical (unpaired) electrons. The van der Waals surface area contributed by atoms with Crippen LogP contribution in [0, 0.1) is 0 Å². The lowest BCUT2D eigenvalue weighted by Gasteiger charge is -2.35. The molecule has 7 nitrogen and oxygen atoms in total. The van der Waals surface area contributed by atoms with Crippen molar-refractivity contribution in [3.8, 4) is 0 Å². The minimum Gasteiger partial charge on any atom is -0.378 e. The van der Waals surface area contributed by atoms with Crippen molar-refractivity contribution >= 4 is 5.95 Å². The molecule has 4 rings (SSSR count). The van der Waals surface area contributed by atoms with Crippen molar-refractivity contribution in [1.82, 2.24) is 24.8 Å². The maximum Gasteiger partial charge on any atom is 0.225 e. The fraction of sp³-hybridized carbons (Fsp3) is 0.579. The van der Waals surface area contributed by atoms with E-state index in [4.69, 9.17) is 9.72 Å². The number of hydrogen-bond donors (Lipinski definition) is 0. The quantitative estimate of drug-likeness (QED) is 0.782. The van der Waals surface area contributed by atoms with Crippen molar-refractivity contribution < 1.29 is 4.74 Å². The predicted octanol–water partition coefficient (Wildman–Crippen LogP) is 1.70. The molecule has 0 amide bonds. The van der Waals surface area contributed by atoms with Gasteiger partial charge < -0.3 is 9.64 Å². The van der Waals surface area contributed by atoms with Gasteiger partial charge in [-0.3, -0.25) is 14.9 Å². The molecular formula is C19H26N6O. The van der Waals surface area contributed by atoms with Crippen LogP contribution >= 0.6 is 0 Å². The number of rotatable bonds is 6. The maximum absolute atomic E-state index is 5.72. The van der Waals surface area contributed by atoms with E-state index in [9.17, 15) is 0 Å². The highest BCUT2D eigenvalue weighted by Crippen LogP contribution is 2.18. The first-order valence-electron chi connectivity index (χ1n) is 9.52. The predicted molar refractivity (Wildman–Crippen MR) is 98.8 cm³/mol. The fourth-order valence-corrected chi connectivity index (χ4v) is 3.69. The van der Waals surface area contributed by atoms with Crippen molar-refractivity contribution in [3.63, 3.8) is 0 Å². The number of morpholine rings is 1. The van der Waals surface area contributed by atoms with Crippen LogP contribution in [0.3, 0.4) is 0 Å². The lowest BCUT2D eigenvalue weighted by atomic mass is 10.1. The SMILES string of the molecule is c1cnc(CC[C@H]2COCCN2Cc2ccnc(N3CCCC3)n2)cn1. The normalized spacial score (nSPS) is 21.2. The van der Waals surface area contributed by atoms with Gasteiger partial charge in [0.15, 0.2) is 0 Å². The fourth-order valence-electron chi connectivity index (χ4n) is 3.69. The zero-order chi connectivity index (χ0) is 17.6. The summed E-state index contributed by atoms with van der Waals surface area (Å²) >= 11 is 0. The van der Waals surface area contributed by atoms with Crippen molar-refractivity contribution in [1.29, 1.82) is 0 Å². The van der Waals surface area contributed by atoms with E-state index < -0.39 is 0 Å². The van der Waals surface area contributed by atoms with Crippen molar-refractivity contribution in [2.75, 3.05) is 37.7 Å². The molecule has 4 heterocycles. The third-order valence-electron chi connectivity index (χ3n) is 5.15. The Balaban J connectivity index is 1.39. The highest BCUT2D eigenvalue weighted by Gasteiger charge is 2.24. The van der Waals surface area contributed by atoms with E-state index in [1.807, 2.05) is 18.5 Å². The molecule has 2 saturated heterocycles. The zero-order valence-corrected chi connectivity index (χ0v) is 15.1. The average Bonchev–Trinajstić information content (AvgIpc) is 3.23.